The van der Waals surface area contributed by atoms with Crippen LogP contribution in [0.25, 0.3) is 0 Å². The van der Waals surface area contributed by atoms with E-state index in [1.165, 1.54) is 5.57 Å². The van der Waals surface area contributed by atoms with Crippen molar-refractivity contribution < 1.29 is 9.59 Å². The van der Waals surface area contributed by atoms with Crippen molar-refractivity contribution in [3.8, 4) is 0 Å². The van der Waals surface area contributed by atoms with Crippen LogP contribution in [0.4, 0.5) is 0 Å². The molecule has 26 heavy (non-hydrogen) atoms. The maximum absolute atomic E-state index is 13.2. The number of Topliss-reactive ketones (excluding diaryl/α,β-unsaturated/α-hetero) is 2. The second-order valence-electron chi connectivity index (χ2n) is 8.02. The van der Waals surface area contributed by atoms with Crippen molar-refractivity contribution in [1.82, 2.24) is 5.32 Å². The molecule has 0 aromatic carbocycles. The highest BCUT2D eigenvalue weighted by molar-refractivity contribution is 6.26. The van der Waals surface area contributed by atoms with Gasteiger partial charge in [0.15, 0.2) is 5.78 Å². The number of hydrogen-bond donors (Lipinski definition) is 1. The molecule has 0 bridgehead atoms. The summed E-state index contributed by atoms with van der Waals surface area (Å²) < 4.78 is 0. The summed E-state index contributed by atoms with van der Waals surface area (Å²) in [5.74, 6) is 0.0805. The van der Waals surface area contributed by atoms with Crippen molar-refractivity contribution in [2.45, 2.75) is 73.1 Å². The van der Waals surface area contributed by atoms with Crippen LogP contribution >= 0.6 is 0 Å². The highest BCUT2D eigenvalue weighted by Crippen LogP contribution is 2.42. The van der Waals surface area contributed by atoms with Crippen molar-refractivity contribution in [3.63, 3.8) is 0 Å². The van der Waals surface area contributed by atoms with E-state index < -0.39 is 0 Å². The lowest BCUT2D eigenvalue weighted by Crippen LogP contribution is -2.34. The van der Waals surface area contributed by atoms with Gasteiger partial charge in [-0.2, -0.15) is 0 Å². The molecule has 0 aromatic rings. The van der Waals surface area contributed by atoms with Gasteiger partial charge < -0.3 is 5.32 Å². The molecule has 1 unspecified atom stereocenters. The zero-order valence-corrected chi connectivity index (χ0v) is 17.0. The van der Waals surface area contributed by atoms with Gasteiger partial charge in [0.25, 0.3) is 0 Å². The van der Waals surface area contributed by atoms with Gasteiger partial charge in [-0.1, -0.05) is 44.1 Å². The number of carbonyl (C=O) groups is 2. The second kappa shape index (κ2) is 8.66. The Bertz CT molecular complexity index is 702. The molecule has 0 aromatic heterocycles. The number of allylic oxidation sites excluding steroid dienone is 7. The molecule has 0 saturated carbocycles. The Morgan fingerprint density at radius 1 is 1.23 bits per heavy atom. The minimum atomic E-state index is -0.0632. The largest absolute Gasteiger partial charge is 0.382 e. The molecule has 0 amide bonds. The molecular weight excluding hydrogens is 322 g/mol. The van der Waals surface area contributed by atoms with Crippen LogP contribution in [0.15, 0.2) is 46.2 Å². The summed E-state index contributed by atoms with van der Waals surface area (Å²) in [5.41, 5.74) is 3.81. The lowest BCUT2D eigenvalue weighted by molar-refractivity contribution is -0.117. The van der Waals surface area contributed by atoms with Crippen molar-refractivity contribution in [1.29, 1.82) is 0 Å². The van der Waals surface area contributed by atoms with E-state index in [4.69, 9.17) is 0 Å². The monoisotopic (exact) mass is 355 g/mol. The van der Waals surface area contributed by atoms with Crippen LogP contribution < -0.4 is 5.32 Å². The predicted octanol–water partition coefficient (Wildman–Crippen LogP) is 5.20. The summed E-state index contributed by atoms with van der Waals surface area (Å²) in [6.45, 7) is 11.1. The van der Waals surface area contributed by atoms with Crippen molar-refractivity contribution >= 4 is 11.6 Å². The topological polar surface area (TPSA) is 46.2 Å². The summed E-state index contributed by atoms with van der Waals surface area (Å²) in [4.78, 5) is 26.2. The minimum absolute atomic E-state index is 0.00449. The summed E-state index contributed by atoms with van der Waals surface area (Å²) >= 11 is 0. The van der Waals surface area contributed by atoms with Crippen molar-refractivity contribution in [2.75, 3.05) is 6.54 Å². The van der Waals surface area contributed by atoms with E-state index in [9.17, 15) is 9.59 Å². The Morgan fingerprint density at radius 3 is 2.58 bits per heavy atom. The van der Waals surface area contributed by atoms with E-state index in [0.29, 0.717) is 36.2 Å². The van der Waals surface area contributed by atoms with E-state index in [1.54, 1.807) is 0 Å². The molecule has 0 fully saturated rings. The fraction of sp³-hybridized carbons (Fsp3) is 0.565. The first-order chi connectivity index (χ1) is 12.3. The highest BCUT2D eigenvalue weighted by Gasteiger charge is 2.38. The van der Waals surface area contributed by atoms with Crippen LogP contribution in [0, 0.1) is 5.41 Å². The van der Waals surface area contributed by atoms with E-state index in [-0.39, 0.29) is 17.0 Å². The zero-order chi connectivity index (χ0) is 19.3. The molecule has 2 rings (SSSR count). The number of carbonyl (C=O) groups excluding carboxylic acids is 2. The molecule has 0 heterocycles. The number of rotatable bonds is 8. The molecule has 0 spiro atoms. The Labute approximate surface area is 158 Å². The first-order valence-electron chi connectivity index (χ1n) is 9.95. The minimum Gasteiger partial charge on any atom is -0.382 e. The fourth-order valence-electron chi connectivity index (χ4n) is 3.74. The van der Waals surface area contributed by atoms with Gasteiger partial charge in [-0.3, -0.25) is 9.59 Å². The van der Waals surface area contributed by atoms with Gasteiger partial charge in [0, 0.05) is 23.3 Å². The normalized spacial score (nSPS) is 22.7. The number of nitrogens with one attached hydrogen (secondary N) is 1. The molecule has 2 aliphatic rings. The first kappa shape index (κ1) is 20.4. The predicted molar refractivity (Wildman–Crippen MR) is 108 cm³/mol. The van der Waals surface area contributed by atoms with Gasteiger partial charge in [0.05, 0.1) is 5.70 Å². The van der Waals surface area contributed by atoms with Crippen molar-refractivity contribution in [3.05, 3.63) is 46.2 Å². The van der Waals surface area contributed by atoms with Crippen LogP contribution in [0.3, 0.4) is 0 Å². The van der Waals surface area contributed by atoms with Gasteiger partial charge in [-0.05, 0) is 58.3 Å². The number of ketones is 2. The zero-order valence-electron chi connectivity index (χ0n) is 17.0. The third-order valence-corrected chi connectivity index (χ3v) is 5.28. The van der Waals surface area contributed by atoms with Gasteiger partial charge in [0.1, 0.15) is 0 Å². The van der Waals surface area contributed by atoms with Gasteiger partial charge in [-0.25, -0.2) is 0 Å². The van der Waals surface area contributed by atoms with Crippen LogP contribution in [0.5, 0.6) is 0 Å². The molecule has 0 radical (unpaired) electrons. The summed E-state index contributed by atoms with van der Waals surface area (Å²) in [6.07, 6.45) is 11.5. The Morgan fingerprint density at radius 2 is 1.96 bits per heavy atom. The molecule has 0 aliphatic heterocycles. The first-order valence-corrected chi connectivity index (χ1v) is 9.95. The van der Waals surface area contributed by atoms with E-state index in [1.807, 2.05) is 13.0 Å². The maximum atomic E-state index is 13.2. The smallest absolute Gasteiger partial charge is 0.209 e. The van der Waals surface area contributed by atoms with Crippen LogP contribution in [0.2, 0.25) is 0 Å². The third kappa shape index (κ3) is 4.44. The molecule has 0 saturated heterocycles. The lowest BCUT2D eigenvalue weighted by atomic mass is 9.70. The van der Waals surface area contributed by atoms with Gasteiger partial charge in [-0.15, -0.1) is 0 Å². The number of likely N-dealkylation sites (N-methyl/N-ethyl adjacent to an activating group) is 1. The molecule has 3 heteroatoms. The molecule has 2 aliphatic carbocycles. The van der Waals surface area contributed by atoms with Crippen LogP contribution in [-0.4, -0.2) is 18.1 Å². The lowest BCUT2D eigenvalue weighted by Gasteiger charge is -2.34. The average Bonchev–Trinajstić information content (AvgIpc) is 2.58. The molecular formula is C23H33NO2. The quantitative estimate of drug-likeness (QED) is 0.481. The Hall–Kier alpha value is -1.90. The molecule has 1 atom stereocenters. The molecule has 142 valence electrons. The number of hydrogen-bond acceptors (Lipinski definition) is 3. The fourth-order valence-corrected chi connectivity index (χ4v) is 3.74. The average molecular weight is 356 g/mol. The van der Waals surface area contributed by atoms with E-state index in [2.05, 4.69) is 45.2 Å². The summed E-state index contributed by atoms with van der Waals surface area (Å²) in [7, 11) is 0. The van der Waals surface area contributed by atoms with Crippen molar-refractivity contribution in [2.24, 2.45) is 5.41 Å². The van der Waals surface area contributed by atoms with E-state index in [0.717, 1.165) is 31.3 Å². The van der Waals surface area contributed by atoms with Gasteiger partial charge in [0.2, 0.25) is 5.78 Å². The number of unbranched alkanes of at least 4 members (excludes halogenated alkanes) is 1. The Balaban J connectivity index is 2.29. The standard InChI is InChI=1S/C23H33NO2/c1-6-8-11-18-20(24-7-2)22(26)17-12-14-23(5,13-9-10-16(3)4)15-19(17)21(18)25/h10,12,14,24H,6-9,11,13,15H2,1-5H3. The molecule has 3 nitrogen and oxygen atoms in total. The summed E-state index contributed by atoms with van der Waals surface area (Å²) in [6, 6.07) is 0. The van der Waals surface area contributed by atoms with Crippen LogP contribution in [0.1, 0.15) is 73.1 Å². The Kier molecular flexibility index (Phi) is 6.80. The SMILES string of the molecule is CCCCC1=C(NCC)C(=O)C2=C(CC(C)(CCC=C(C)C)C=C2)C1=O. The maximum Gasteiger partial charge on any atom is 0.209 e. The van der Waals surface area contributed by atoms with E-state index >= 15 is 0 Å². The molecule has 1 N–H and O–H groups in total. The highest BCUT2D eigenvalue weighted by atomic mass is 16.1. The summed E-state index contributed by atoms with van der Waals surface area (Å²) in [5, 5.41) is 3.16. The second-order valence-corrected chi connectivity index (χ2v) is 8.02. The van der Waals surface area contributed by atoms with Gasteiger partial charge >= 0.3 is 0 Å². The third-order valence-electron chi connectivity index (χ3n) is 5.28. The van der Waals surface area contributed by atoms with Crippen LogP contribution in [-0.2, 0) is 9.59 Å².